The lowest BCUT2D eigenvalue weighted by molar-refractivity contribution is -0.141. The highest BCUT2D eigenvalue weighted by atomic mass is 16.5. The zero-order valence-electron chi connectivity index (χ0n) is 10.1. The topological polar surface area (TPSA) is 52.6 Å². The average Bonchev–Trinajstić information content (AvgIpc) is 2.64. The number of ether oxygens (including phenoxy) is 2. The molecule has 0 aromatic rings. The van der Waals surface area contributed by atoms with Crippen molar-refractivity contribution >= 4 is 11.9 Å². The molecule has 0 amide bonds. The number of esters is 2. The van der Waals surface area contributed by atoms with E-state index in [1.165, 1.54) is 20.1 Å². The second-order valence-electron chi connectivity index (χ2n) is 4.69. The first-order valence-electron chi connectivity index (χ1n) is 5.33. The van der Waals surface area contributed by atoms with Crippen LogP contribution in [-0.2, 0) is 19.1 Å². The molecule has 0 bridgehead atoms. The molecule has 90 valence electrons. The van der Waals surface area contributed by atoms with Gasteiger partial charge in [0.05, 0.1) is 12.9 Å². The molecule has 1 rings (SSSR count). The van der Waals surface area contributed by atoms with E-state index in [1.807, 2.05) is 6.08 Å². The van der Waals surface area contributed by atoms with Gasteiger partial charge in [-0.1, -0.05) is 13.8 Å². The standard InChI is InChI=1S/C12H18O4/c1-8(13)15-6-5-10-11(12(10,3)4)7-16-9(2)14/h5-6,10-11H,7H2,1-4H3/b6-5+. The first kappa shape index (κ1) is 12.7. The zero-order valence-corrected chi connectivity index (χ0v) is 10.1. The third-order valence-corrected chi connectivity index (χ3v) is 3.13. The highest BCUT2D eigenvalue weighted by Gasteiger charge is 2.56. The van der Waals surface area contributed by atoms with Gasteiger partial charge < -0.3 is 9.47 Å². The fourth-order valence-electron chi connectivity index (χ4n) is 1.91. The molecule has 0 N–H and O–H groups in total. The Kier molecular flexibility index (Phi) is 3.73. The Labute approximate surface area is 95.6 Å². The van der Waals surface area contributed by atoms with E-state index in [0.717, 1.165) is 0 Å². The van der Waals surface area contributed by atoms with Gasteiger partial charge in [-0.25, -0.2) is 0 Å². The Bertz CT molecular complexity index is 317. The van der Waals surface area contributed by atoms with E-state index < -0.39 is 0 Å². The Balaban J connectivity index is 2.41. The lowest BCUT2D eigenvalue weighted by Crippen LogP contribution is -2.05. The van der Waals surface area contributed by atoms with Crippen LogP contribution >= 0.6 is 0 Å². The summed E-state index contributed by atoms with van der Waals surface area (Å²) in [5, 5.41) is 0. The van der Waals surface area contributed by atoms with Gasteiger partial charge in [-0.15, -0.1) is 0 Å². The lowest BCUT2D eigenvalue weighted by atomic mass is 10.1. The molecule has 4 nitrogen and oxygen atoms in total. The van der Waals surface area contributed by atoms with Gasteiger partial charge in [0.15, 0.2) is 0 Å². The van der Waals surface area contributed by atoms with Crippen LogP contribution in [0.25, 0.3) is 0 Å². The fourth-order valence-corrected chi connectivity index (χ4v) is 1.91. The molecule has 1 aliphatic carbocycles. The van der Waals surface area contributed by atoms with Crippen LogP contribution in [0.5, 0.6) is 0 Å². The van der Waals surface area contributed by atoms with Crippen molar-refractivity contribution in [3.8, 4) is 0 Å². The lowest BCUT2D eigenvalue weighted by Gasteiger charge is -2.02. The summed E-state index contributed by atoms with van der Waals surface area (Å²) in [5.74, 6) is 0.0195. The molecule has 0 spiro atoms. The zero-order chi connectivity index (χ0) is 12.3. The molecule has 0 heterocycles. The highest BCUT2D eigenvalue weighted by molar-refractivity contribution is 5.66. The maximum absolute atomic E-state index is 10.7. The Hall–Kier alpha value is -1.32. The molecule has 0 radical (unpaired) electrons. The van der Waals surface area contributed by atoms with E-state index in [9.17, 15) is 9.59 Å². The van der Waals surface area contributed by atoms with Crippen molar-refractivity contribution in [2.24, 2.45) is 17.3 Å². The molecule has 4 heteroatoms. The van der Waals surface area contributed by atoms with E-state index in [4.69, 9.17) is 9.47 Å². The van der Waals surface area contributed by atoms with Crippen LogP contribution in [0.15, 0.2) is 12.3 Å². The van der Waals surface area contributed by atoms with E-state index in [1.54, 1.807) is 0 Å². The van der Waals surface area contributed by atoms with Gasteiger partial charge in [-0.05, 0) is 17.4 Å². The Morgan fingerprint density at radius 3 is 2.38 bits per heavy atom. The minimum absolute atomic E-state index is 0.103. The third kappa shape index (κ3) is 3.08. The average molecular weight is 226 g/mol. The van der Waals surface area contributed by atoms with Crippen molar-refractivity contribution < 1.29 is 19.1 Å². The number of allylic oxidation sites excluding steroid dienone is 1. The number of carbonyl (C=O) groups excluding carboxylic acids is 2. The van der Waals surface area contributed by atoms with Crippen molar-refractivity contribution in [2.75, 3.05) is 6.61 Å². The van der Waals surface area contributed by atoms with Gasteiger partial charge in [0, 0.05) is 19.8 Å². The summed E-state index contributed by atoms with van der Waals surface area (Å²) >= 11 is 0. The van der Waals surface area contributed by atoms with Gasteiger partial charge in [0.1, 0.15) is 0 Å². The van der Waals surface area contributed by atoms with Crippen LogP contribution in [0.4, 0.5) is 0 Å². The SMILES string of the molecule is CC(=O)O/C=C/C1C(COC(C)=O)C1(C)C. The second-order valence-corrected chi connectivity index (χ2v) is 4.69. The van der Waals surface area contributed by atoms with Gasteiger partial charge in [0.25, 0.3) is 0 Å². The molecule has 2 atom stereocenters. The van der Waals surface area contributed by atoms with Gasteiger partial charge >= 0.3 is 11.9 Å². The van der Waals surface area contributed by atoms with Crippen molar-refractivity contribution in [1.29, 1.82) is 0 Å². The molecule has 0 aromatic heterocycles. The molecule has 0 saturated heterocycles. The Morgan fingerprint density at radius 2 is 1.88 bits per heavy atom. The van der Waals surface area contributed by atoms with Crippen molar-refractivity contribution in [3.05, 3.63) is 12.3 Å². The molecule has 2 unspecified atom stereocenters. The fraction of sp³-hybridized carbons (Fsp3) is 0.667. The molecule has 0 aromatic carbocycles. The van der Waals surface area contributed by atoms with Gasteiger partial charge in [0.2, 0.25) is 0 Å². The van der Waals surface area contributed by atoms with Crippen LogP contribution in [0.3, 0.4) is 0 Å². The summed E-state index contributed by atoms with van der Waals surface area (Å²) in [7, 11) is 0. The maximum Gasteiger partial charge on any atom is 0.307 e. The van der Waals surface area contributed by atoms with Crippen molar-refractivity contribution in [2.45, 2.75) is 27.7 Å². The molecule has 1 aliphatic rings. The minimum Gasteiger partial charge on any atom is -0.466 e. The summed E-state index contributed by atoms with van der Waals surface area (Å²) < 4.78 is 9.71. The largest absolute Gasteiger partial charge is 0.466 e. The van der Waals surface area contributed by atoms with E-state index in [2.05, 4.69) is 13.8 Å². The van der Waals surface area contributed by atoms with Crippen molar-refractivity contribution in [3.63, 3.8) is 0 Å². The monoisotopic (exact) mass is 226 g/mol. The summed E-state index contributed by atoms with van der Waals surface area (Å²) in [5.41, 5.74) is 0.103. The molecular weight excluding hydrogens is 208 g/mol. The van der Waals surface area contributed by atoms with E-state index in [-0.39, 0.29) is 17.4 Å². The number of carbonyl (C=O) groups is 2. The number of hydrogen-bond donors (Lipinski definition) is 0. The normalized spacial score (nSPS) is 26.5. The van der Waals surface area contributed by atoms with Gasteiger partial charge in [-0.2, -0.15) is 0 Å². The summed E-state index contributed by atoms with van der Waals surface area (Å²) in [6.45, 7) is 7.39. The molecular formula is C12H18O4. The third-order valence-electron chi connectivity index (χ3n) is 3.13. The second kappa shape index (κ2) is 4.68. The van der Waals surface area contributed by atoms with Crippen LogP contribution < -0.4 is 0 Å². The van der Waals surface area contributed by atoms with Crippen molar-refractivity contribution in [1.82, 2.24) is 0 Å². The number of hydrogen-bond acceptors (Lipinski definition) is 4. The minimum atomic E-state index is -0.328. The quantitative estimate of drug-likeness (QED) is 0.542. The molecule has 16 heavy (non-hydrogen) atoms. The highest BCUT2D eigenvalue weighted by Crippen LogP contribution is 2.58. The first-order chi connectivity index (χ1) is 7.35. The molecule has 0 aliphatic heterocycles. The number of rotatable bonds is 4. The van der Waals surface area contributed by atoms with Crippen LogP contribution in [0.2, 0.25) is 0 Å². The first-order valence-corrected chi connectivity index (χ1v) is 5.33. The summed E-state index contributed by atoms with van der Waals surface area (Å²) in [6.07, 6.45) is 3.28. The van der Waals surface area contributed by atoms with E-state index in [0.29, 0.717) is 18.4 Å². The molecule has 1 saturated carbocycles. The van der Waals surface area contributed by atoms with Crippen LogP contribution in [0.1, 0.15) is 27.7 Å². The summed E-state index contributed by atoms with van der Waals surface area (Å²) in [6, 6.07) is 0. The van der Waals surface area contributed by atoms with Crippen LogP contribution in [-0.4, -0.2) is 18.5 Å². The summed E-state index contributed by atoms with van der Waals surface area (Å²) in [4.78, 5) is 21.2. The Morgan fingerprint density at radius 1 is 1.25 bits per heavy atom. The maximum atomic E-state index is 10.7. The smallest absolute Gasteiger partial charge is 0.307 e. The van der Waals surface area contributed by atoms with E-state index >= 15 is 0 Å². The van der Waals surface area contributed by atoms with Crippen LogP contribution in [0, 0.1) is 17.3 Å². The predicted molar refractivity (Wildman–Crippen MR) is 58.3 cm³/mol. The molecule has 1 fully saturated rings. The van der Waals surface area contributed by atoms with Gasteiger partial charge in [-0.3, -0.25) is 9.59 Å². The predicted octanol–water partition coefficient (Wildman–Crippen LogP) is 1.90.